The molecule has 0 saturated heterocycles. The van der Waals surface area contributed by atoms with E-state index >= 15 is 0 Å². The van der Waals surface area contributed by atoms with Crippen molar-refractivity contribution in [3.8, 4) is 0 Å². The van der Waals surface area contributed by atoms with E-state index in [1.807, 2.05) is 25.1 Å². The average Bonchev–Trinajstić information content (AvgIpc) is 2.68. The molecule has 1 unspecified atom stereocenters. The third kappa shape index (κ3) is 2.83. The van der Waals surface area contributed by atoms with Crippen LogP contribution in [0.25, 0.3) is 0 Å². The van der Waals surface area contributed by atoms with Gasteiger partial charge in [-0.05, 0) is 42.7 Å². The minimum Gasteiger partial charge on any atom is -0.467 e. The molecule has 0 amide bonds. The number of nitrogens with two attached hydrogens (primary N) is 1. The van der Waals surface area contributed by atoms with Crippen LogP contribution >= 0.6 is 23.2 Å². The summed E-state index contributed by atoms with van der Waals surface area (Å²) in [6, 6.07) is 7.13. The predicted molar refractivity (Wildman–Crippen MR) is 70.5 cm³/mol. The van der Waals surface area contributed by atoms with Gasteiger partial charge in [-0.15, -0.1) is 0 Å². The number of halogens is 2. The molecule has 0 radical (unpaired) electrons. The second kappa shape index (κ2) is 5.13. The number of aryl methyl sites for hydroxylation is 1. The summed E-state index contributed by atoms with van der Waals surface area (Å²) in [6.45, 7) is 1.97. The lowest BCUT2D eigenvalue weighted by Gasteiger charge is -2.11. The summed E-state index contributed by atoms with van der Waals surface area (Å²) in [5, 5.41) is 1.26. The second-order valence-corrected chi connectivity index (χ2v) is 4.86. The highest BCUT2D eigenvalue weighted by Gasteiger charge is 2.14. The van der Waals surface area contributed by atoms with Gasteiger partial charge in [0.25, 0.3) is 0 Å². The van der Waals surface area contributed by atoms with Crippen LogP contribution in [0, 0.1) is 6.92 Å². The maximum Gasteiger partial charge on any atom is 0.123 e. The Labute approximate surface area is 110 Å². The molecule has 2 N–H and O–H groups in total. The molecule has 0 aliphatic heterocycles. The Morgan fingerprint density at radius 2 is 2.06 bits per heavy atom. The van der Waals surface area contributed by atoms with Gasteiger partial charge in [0.05, 0.1) is 12.3 Å². The first-order valence-corrected chi connectivity index (χ1v) is 6.07. The Bertz CT molecular complexity index is 522. The molecular formula is C13H13Cl2NO. The molecule has 0 saturated carbocycles. The molecule has 0 fully saturated rings. The second-order valence-electron chi connectivity index (χ2n) is 4.01. The van der Waals surface area contributed by atoms with Crippen LogP contribution in [-0.2, 0) is 6.42 Å². The highest BCUT2D eigenvalue weighted by molar-refractivity contribution is 6.35. The van der Waals surface area contributed by atoms with Crippen LogP contribution in [0.1, 0.15) is 22.9 Å². The van der Waals surface area contributed by atoms with E-state index in [1.165, 1.54) is 0 Å². The van der Waals surface area contributed by atoms with E-state index in [9.17, 15) is 0 Å². The number of furan rings is 1. The van der Waals surface area contributed by atoms with Gasteiger partial charge in [-0.3, -0.25) is 0 Å². The maximum absolute atomic E-state index is 6.10. The Morgan fingerprint density at radius 1 is 1.29 bits per heavy atom. The Hall–Kier alpha value is -0.960. The lowest BCUT2D eigenvalue weighted by atomic mass is 10.0. The van der Waals surface area contributed by atoms with Gasteiger partial charge < -0.3 is 10.2 Å². The molecule has 0 aliphatic rings. The lowest BCUT2D eigenvalue weighted by molar-refractivity contribution is 0.461. The van der Waals surface area contributed by atoms with Crippen molar-refractivity contribution in [2.24, 2.45) is 5.73 Å². The maximum atomic E-state index is 6.10. The minimum atomic E-state index is -0.191. The molecular weight excluding hydrogens is 257 g/mol. The summed E-state index contributed by atoms with van der Waals surface area (Å²) in [6.07, 6.45) is 2.28. The van der Waals surface area contributed by atoms with Crippen LogP contribution in [0.15, 0.2) is 34.9 Å². The van der Waals surface area contributed by atoms with Crippen molar-refractivity contribution < 1.29 is 4.42 Å². The minimum absolute atomic E-state index is 0.191. The van der Waals surface area contributed by atoms with E-state index in [-0.39, 0.29) is 6.04 Å². The molecule has 0 spiro atoms. The van der Waals surface area contributed by atoms with E-state index in [4.69, 9.17) is 33.4 Å². The summed E-state index contributed by atoms with van der Waals surface area (Å²) < 4.78 is 5.37. The molecule has 1 atom stereocenters. The standard InChI is InChI=1S/C13H13Cl2NO/c1-8-4-5-17-13(8)12(16)6-9-2-3-10(14)7-11(9)15/h2-5,7,12H,6,16H2,1H3. The third-order valence-electron chi connectivity index (χ3n) is 2.69. The normalized spacial score (nSPS) is 12.7. The molecule has 4 heteroatoms. The number of hydrogen-bond donors (Lipinski definition) is 1. The zero-order valence-corrected chi connectivity index (χ0v) is 10.9. The first-order valence-electron chi connectivity index (χ1n) is 5.31. The van der Waals surface area contributed by atoms with Gasteiger partial charge in [0.2, 0.25) is 0 Å². The molecule has 1 aromatic heterocycles. The quantitative estimate of drug-likeness (QED) is 0.910. The zero-order valence-electron chi connectivity index (χ0n) is 9.41. The van der Waals surface area contributed by atoms with E-state index < -0.39 is 0 Å². The summed E-state index contributed by atoms with van der Waals surface area (Å²) >= 11 is 11.9. The highest BCUT2D eigenvalue weighted by Crippen LogP contribution is 2.26. The van der Waals surface area contributed by atoms with Crippen molar-refractivity contribution in [2.45, 2.75) is 19.4 Å². The van der Waals surface area contributed by atoms with E-state index in [0.29, 0.717) is 16.5 Å². The van der Waals surface area contributed by atoms with Crippen LogP contribution in [0.3, 0.4) is 0 Å². The van der Waals surface area contributed by atoms with Crippen molar-refractivity contribution in [1.82, 2.24) is 0 Å². The van der Waals surface area contributed by atoms with Gasteiger partial charge in [0, 0.05) is 10.0 Å². The summed E-state index contributed by atoms with van der Waals surface area (Å²) in [7, 11) is 0. The van der Waals surface area contributed by atoms with Crippen molar-refractivity contribution in [2.75, 3.05) is 0 Å². The van der Waals surface area contributed by atoms with Gasteiger partial charge >= 0.3 is 0 Å². The van der Waals surface area contributed by atoms with E-state index in [2.05, 4.69) is 0 Å². The largest absolute Gasteiger partial charge is 0.467 e. The molecule has 2 aromatic rings. The molecule has 90 valence electrons. The molecule has 1 heterocycles. The van der Waals surface area contributed by atoms with E-state index in [1.54, 1.807) is 12.3 Å². The van der Waals surface area contributed by atoms with Crippen molar-refractivity contribution in [3.63, 3.8) is 0 Å². The van der Waals surface area contributed by atoms with Gasteiger partial charge in [0.15, 0.2) is 0 Å². The fraction of sp³-hybridized carbons (Fsp3) is 0.231. The van der Waals surface area contributed by atoms with Gasteiger partial charge in [-0.1, -0.05) is 29.3 Å². The fourth-order valence-electron chi connectivity index (χ4n) is 1.78. The highest BCUT2D eigenvalue weighted by atomic mass is 35.5. The molecule has 17 heavy (non-hydrogen) atoms. The van der Waals surface area contributed by atoms with Gasteiger partial charge in [-0.25, -0.2) is 0 Å². The summed E-state index contributed by atoms with van der Waals surface area (Å²) in [5.41, 5.74) is 8.12. The number of rotatable bonds is 3. The Kier molecular flexibility index (Phi) is 3.77. The molecule has 0 bridgehead atoms. The van der Waals surface area contributed by atoms with Gasteiger partial charge in [-0.2, -0.15) is 0 Å². The summed E-state index contributed by atoms with van der Waals surface area (Å²) in [4.78, 5) is 0. The molecule has 2 nitrogen and oxygen atoms in total. The van der Waals surface area contributed by atoms with Crippen LogP contribution in [-0.4, -0.2) is 0 Å². The van der Waals surface area contributed by atoms with Crippen LogP contribution in [0.2, 0.25) is 10.0 Å². The van der Waals surface area contributed by atoms with Crippen molar-refractivity contribution >= 4 is 23.2 Å². The average molecular weight is 270 g/mol. The fourth-order valence-corrected chi connectivity index (χ4v) is 2.27. The smallest absolute Gasteiger partial charge is 0.123 e. The molecule has 1 aromatic carbocycles. The Morgan fingerprint density at radius 3 is 2.65 bits per heavy atom. The predicted octanol–water partition coefficient (Wildman–Crippen LogP) is 4.14. The van der Waals surface area contributed by atoms with Crippen LogP contribution < -0.4 is 5.73 Å². The SMILES string of the molecule is Cc1ccoc1C(N)Cc1ccc(Cl)cc1Cl. The first-order chi connectivity index (χ1) is 8.08. The number of benzene rings is 1. The zero-order chi connectivity index (χ0) is 12.4. The van der Waals surface area contributed by atoms with E-state index in [0.717, 1.165) is 16.9 Å². The molecule has 0 aliphatic carbocycles. The van der Waals surface area contributed by atoms with Crippen LogP contribution in [0.5, 0.6) is 0 Å². The van der Waals surface area contributed by atoms with Crippen LogP contribution in [0.4, 0.5) is 0 Å². The Balaban J connectivity index is 2.19. The van der Waals surface area contributed by atoms with Crippen molar-refractivity contribution in [3.05, 3.63) is 57.5 Å². The monoisotopic (exact) mass is 269 g/mol. The van der Waals surface area contributed by atoms with Gasteiger partial charge in [0.1, 0.15) is 5.76 Å². The molecule has 2 rings (SSSR count). The number of hydrogen-bond acceptors (Lipinski definition) is 2. The third-order valence-corrected chi connectivity index (χ3v) is 3.28. The topological polar surface area (TPSA) is 39.2 Å². The lowest BCUT2D eigenvalue weighted by Crippen LogP contribution is -2.13. The first kappa shape index (κ1) is 12.5. The summed E-state index contributed by atoms with van der Waals surface area (Å²) in [5.74, 6) is 0.802. The van der Waals surface area contributed by atoms with Crippen molar-refractivity contribution in [1.29, 1.82) is 0 Å².